The Morgan fingerprint density at radius 2 is 0.484 bits per heavy atom. The van der Waals surface area contributed by atoms with Gasteiger partial charge in [-0.25, -0.2) is 19.9 Å². The van der Waals surface area contributed by atoms with Crippen molar-refractivity contribution in [1.29, 1.82) is 0 Å². The van der Waals surface area contributed by atoms with Crippen LogP contribution in [0.2, 0.25) is 0 Å². The van der Waals surface area contributed by atoms with Crippen molar-refractivity contribution in [3.8, 4) is 56.2 Å². The number of para-hydroxylation sites is 7. The maximum absolute atomic E-state index is 6.42. The van der Waals surface area contributed by atoms with Crippen LogP contribution in [0.3, 0.4) is 0 Å². The number of benzene rings is 16. The van der Waals surface area contributed by atoms with E-state index in [9.17, 15) is 0 Å². The molecule has 0 spiro atoms. The molecule has 7 nitrogen and oxygen atoms in total. The van der Waals surface area contributed by atoms with E-state index in [2.05, 4.69) is 206 Å². The monoisotopic (exact) mass is 1210 g/mol. The molecule has 0 amide bonds. The van der Waals surface area contributed by atoms with E-state index < -0.39 is 0 Å². The highest BCUT2D eigenvalue weighted by Crippen LogP contribution is 2.44. The van der Waals surface area contributed by atoms with E-state index in [0.29, 0.717) is 0 Å². The second-order valence-electron chi connectivity index (χ2n) is 24.7. The third-order valence-corrected chi connectivity index (χ3v) is 19.3. The number of rotatable bonds is 5. The first-order valence-corrected chi connectivity index (χ1v) is 32.1. The molecule has 440 valence electrons. The summed E-state index contributed by atoms with van der Waals surface area (Å²) in [5.74, 6) is 0. The Morgan fingerprint density at radius 1 is 0.179 bits per heavy atom. The highest BCUT2D eigenvalue weighted by atomic mass is 16.3. The van der Waals surface area contributed by atoms with Gasteiger partial charge in [0.1, 0.15) is 33.5 Å². The van der Waals surface area contributed by atoms with Gasteiger partial charge in [-0.2, -0.15) is 0 Å². The number of hydrogen-bond acceptors (Lipinski definition) is 7. The second kappa shape index (κ2) is 20.8. The van der Waals surface area contributed by atoms with Crippen molar-refractivity contribution < 1.29 is 13.3 Å². The van der Waals surface area contributed by atoms with E-state index in [-0.39, 0.29) is 0 Å². The molecule has 21 rings (SSSR count). The summed E-state index contributed by atoms with van der Waals surface area (Å²) in [6, 6.07) is 106. The fraction of sp³-hybridized carbons (Fsp3) is 0. The minimum absolute atomic E-state index is 0.828. The van der Waals surface area contributed by atoms with Gasteiger partial charge in [-0.15, -0.1) is 0 Å². The number of furan rings is 3. The van der Waals surface area contributed by atoms with Crippen LogP contribution in [0.4, 0.5) is 0 Å². The van der Waals surface area contributed by atoms with Crippen molar-refractivity contribution in [2.45, 2.75) is 0 Å². The van der Waals surface area contributed by atoms with E-state index in [1.807, 2.05) is 97.1 Å². The predicted octanol–water partition coefficient (Wildman–Crippen LogP) is 24.2. The summed E-state index contributed by atoms with van der Waals surface area (Å²) in [5.41, 5.74) is 18.7. The molecule has 0 bridgehead atoms. The van der Waals surface area contributed by atoms with Crippen molar-refractivity contribution in [2.75, 3.05) is 0 Å². The third-order valence-electron chi connectivity index (χ3n) is 19.3. The lowest BCUT2D eigenvalue weighted by Crippen LogP contribution is -1.95. The predicted molar refractivity (Wildman–Crippen MR) is 393 cm³/mol. The minimum Gasteiger partial charge on any atom is -0.456 e. The van der Waals surface area contributed by atoms with Gasteiger partial charge in [0.15, 0.2) is 0 Å². The first kappa shape index (κ1) is 52.9. The zero-order chi connectivity index (χ0) is 62.2. The summed E-state index contributed by atoms with van der Waals surface area (Å²) in [4.78, 5) is 20.8. The molecule has 0 unspecified atom stereocenters. The van der Waals surface area contributed by atoms with Crippen molar-refractivity contribution in [1.82, 2.24) is 19.9 Å². The molecular weight excluding hydrogens is 1160 g/mol. The number of fused-ring (bicyclic) bond motifs is 23. The van der Waals surface area contributed by atoms with Crippen molar-refractivity contribution >= 4 is 153 Å². The Bertz CT molecular complexity index is 6780. The maximum Gasteiger partial charge on any atom is 0.143 e. The van der Waals surface area contributed by atoms with E-state index in [1.54, 1.807) is 0 Å². The van der Waals surface area contributed by atoms with Crippen LogP contribution in [-0.4, -0.2) is 19.9 Å². The van der Waals surface area contributed by atoms with Gasteiger partial charge in [-0.05, 0) is 156 Å². The van der Waals surface area contributed by atoms with Gasteiger partial charge in [-0.3, -0.25) is 0 Å². The summed E-state index contributed by atoms with van der Waals surface area (Å²) in [5, 5.41) is 21.0. The molecule has 0 N–H and O–H groups in total. The summed E-state index contributed by atoms with van der Waals surface area (Å²) in [6.45, 7) is 0. The molecular formula is C88H50N4O3. The molecule has 0 saturated heterocycles. The molecule has 95 heavy (non-hydrogen) atoms. The van der Waals surface area contributed by atoms with Crippen molar-refractivity contribution in [3.63, 3.8) is 0 Å². The Hall–Kier alpha value is -12.8. The normalized spacial score (nSPS) is 12.0. The summed E-state index contributed by atoms with van der Waals surface area (Å²) < 4.78 is 19.1. The minimum atomic E-state index is 0.828. The Morgan fingerprint density at radius 3 is 0.979 bits per heavy atom. The Labute approximate surface area is 542 Å². The van der Waals surface area contributed by atoms with E-state index >= 15 is 0 Å². The quantitative estimate of drug-likeness (QED) is 0.159. The third kappa shape index (κ3) is 8.46. The van der Waals surface area contributed by atoms with Crippen LogP contribution in [0.5, 0.6) is 0 Å². The highest BCUT2D eigenvalue weighted by Gasteiger charge is 2.21. The van der Waals surface area contributed by atoms with Crippen LogP contribution >= 0.6 is 0 Å². The van der Waals surface area contributed by atoms with Crippen LogP contribution in [0.1, 0.15) is 0 Å². The van der Waals surface area contributed by atoms with Crippen LogP contribution < -0.4 is 0 Å². The molecule has 0 saturated carbocycles. The average molecular weight is 1210 g/mol. The lowest BCUT2D eigenvalue weighted by atomic mass is 9.93. The lowest BCUT2D eigenvalue weighted by Gasteiger charge is -2.13. The molecule has 21 aromatic rings. The molecule has 16 aromatic carbocycles. The Kier molecular flexibility index (Phi) is 11.6. The molecule has 0 aliphatic carbocycles. The first-order chi connectivity index (χ1) is 47.0. The van der Waals surface area contributed by atoms with Gasteiger partial charge in [0, 0.05) is 65.3 Å². The highest BCUT2D eigenvalue weighted by molar-refractivity contribution is 6.28. The SMILES string of the molecule is c1ccc(-c2ccc(-c3nc4ccccc4nc3-c3ccc4c(ccc5ccc6c(ccc7c8ccccc8oc76)c54)c3)cc2)cc1.c1ccc2nc(-c3ccc4c(c3)oc3ccccc34)c(-c3ccc4c(ccc5ccc6c(ccc7c8ccccc8oc76)c54)c3)nc2c1. The fourth-order valence-corrected chi connectivity index (χ4v) is 14.7. The smallest absolute Gasteiger partial charge is 0.143 e. The van der Waals surface area contributed by atoms with Gasteiger partial charge < -0.3 is 13.3 Å². The largest absolute Gasteiger partial charge is 0.456 e. The average Bonchev–Trinajstić information content (AvgIpc) is 0.905. The maximum atomic E-state index is 6.42. The van der Waals surface area contributed by atoms with Crippen LogP contribution in [0, 0.1) is 0 Å². The summed E-state index contributed by atoms with van der Waals surface area (Å²) in [7, 11) is 0. The van der Waals surface area contributed by atoms with Crippen molar-refractivity contribution in [3.05, 3.63) is 303 Å². The number of aromatic nitrogens is 4. The standard InChI is InChI=1S/C44H24N2O2.C44H26N2O/c1-5-11-38-30(7-1)32-19-17-28(24-40(32)47-38)43-42(45-36-9-3-4-10-37(36)46-43)27-16-18-29-26(23-27)14-13-25-15-20-35-33(41(25)29)21-22-34-31-8-2-6-12-39(31)48-44(34)35;1-2-8-27(9-3-1)28-14-17-30(18-15-28)42-43(46-39-12-6-5-11-38(39)45-42)32-21-22-33-31(26-32)19-16-29-20-23-37-35(41(29)33)24-25-36-34-10-4-7-13-40(34)47-44(36)37/h1-24H;1-26H. The van der Waals surface area contributed by atoms with Crippen molar-refractivity contribution in [2.24, 2.45) is 0 Å². The number of nitrogens with zero attached hydrogens (tertiary/aromatic N) is 4. The van der Waals surface area contributed by atoms with E-state index in [4.69, 9.17) is 33.2 Å². The summed E-state index contributed by atoms with van der Waals surface area (Å²) in [6.07, 6.45) is 0. The molecule has 0 fully saturated rings. The molecule has 0 atom stereocenters. The first-order valence-electron chi connectivity index (χ1n) is 32.1. The zero-order valence-corrected chi connectivity index (χ0v) is 50.9. The molecule has 0 aliphatic rings. The van der Waals surface area contributed by atoms with Gasteiger partial charge >= 0.3 is 0 Å². The van der Waals surface area contributed by atoms with Gasteiger partial charge in [0.2, 0.25) is 0 Å². The lowest BCUT2D eigenvalue weighted by molar-refractivity contribution is 0.669. The van der Waals surface area contributed by atoms with Gasteiger partial charge in [-0.1, -0.05) is 212 Å². The van der Waals surface area contributed by atoms with Crippen LogP contribution in [0.25, 0.3) is 209 Å². The van der Waals surface area contributed by atoms with Gasteiger partial charge in [0.25, 0.3) is 0 Å². The van der Waals surface area contributed by atoms with Gasteiger partial charge in [0.05, 0.1) is 44.8 Å². The Balaban J connectivity index is 0.000000130. The number of hydrogen-bond donors (Lipinski definition) is 0. The molecule has 0 aliphatic heterocycles. The topological polar surface area (TPSA) is 91.0 Å². The zero-order valence-electron chi connectivity index (χ0n) is 50.9. The molecule has 5 heterocycles. The van der Waals surface area contributed by atoms with Crippen LogP contribution in [-0.2, 0) is 0 Å². The second-order valence-corrected chi connectivity index (χ2v) is 24.7. The van der Waals surface area contributed by atoms with E-state index in [0.717, 1.165) is 154 Å². The molecule has 5 aromatic heterocycles. The molecule has 0 radical (unpaired) electrons. The van der Waals surface area contributed by atoms with Crippen LogP contribution in [0.15, 0.2) is 317 Å². The summed E-state index contributed by atoms with van der Waals surface area (Å²) >= 11 is 0. The van der Waals surface area contributed by atoms with E-state index in [1.165, 1.54) is 54.2 Å². The fourth-order valence-electron chi connectivity index (χ4n) is 14.7. The molecule has 7 heteroatoms.